The number of pyridine rings is 1. The highest BCUT2D eigenvalue weighted by atomic mass is 32.2. The number of anilines is 1. The van der Waals surface area contributed by atoms with E-state index in [0.717, 1.165) is 18.4 Å². The van der Waals surface area contributed by atoms with E-state index in [1.807, 2.05) is 6.92 Å². The van der Waals surface area contributed by atoms with Gasteiger partial charge >= 0.3 is 6.03 Å². The van der Waals surface area contributed by atoms with Crippen molar-refractivity contribution in [2.24, 2.45) is 5.92 Å². The van der Waals surface area contributed by atoms with Gasteiger partial charge in [-0.25, -0.2) is 14.2 Å². The number of aromatic nitrogens is 1. The van der Waals surface area contributed by atoms with E-state index in [1.165, 1.54) is 30.5 Å². The van der Waals surface area contributed by atoms with Crippen molar-refractivity contribution < 1.29 is 22.4 Å². The highest BCUT2D eigenvalue weighted by molar-refractivity contribution is 7.79. The first-order chi connectivity index (χ1) is 13.4. The number of benzene rings is 1. The minimum absolute atomic E-state index is 0.105. The van der Waals surface area contributed by atoms with Crippen molar-refractivity contribution in [1.82, 2.24) is 10.3 Å². The minimum atomic E-state index is -2.42. The molecule has 7 nitrogen and oxygen atoms in total. The van der Waals surface area contributed by atoms with Gasteiger partial charge in [0.1, 0.15) is 22.2 Å². The molecule has 0 radical (unpaired) electrons. The Morgan fingerprint density at radius 2 is 2.14 bits per heavy atom. The van der Waals surface area contributed by atoms with E-state index in [4.69, 9.17) is 4.42 Å². The van der Waals surface area contributed by atoms with Gasteiger partial charge in [-0.2, -0.15) is 0 Å². The number of carbonyl (C=O) groups excluding carboxylic acids is 1. The van der Waals surface area contributed by atoms with Crippen LogP contribution in [0, 0.1) is 18.7 Å². The fourth-order valence-corrected chi connectivity index (χ4v) is 3.51. The van der Waals surface area contributed by atoms with E-state index < -0.39 is 17.1 Å². The summed E-state index contributed by atoms with van der Waals surface area (Å²) in [6.07, 6.45) is 3.19. The number of halogens is 1. The van der Waals surface area contributed by atoms with Crippen LogP contribution in [-0.2, 0) is 11.1 Å². The Hall–Kier alpha value is -2.78. The number of fused-ring (bicyclic) bond motifs is 1. The molecule has 0 spiro atoms. The summed E-state index contributed by atoms with van der Waals surface area (Å²) in [6, 6.07) is 6.31. The molecule has 1 aliphatic carbocycles. The predicted octanol–water partition coefficient (Wildman–Crippen LogP) is 3.79. The Morgan fingerprint density at radius 1 is 1.36 bits per heavy atom. The lowest BCUT2D eigenvalue weighted by molar-refractivity contribution is 0.244. The molecule has 0 aliphatic heterocycles. The third kappa shape index (κ3) is 3.76. The van der Waals surface area contributed by atoms with Crippen LogP contribution in [0.2, 0.25) is 0 Å². The van der Waals surface area contributed by atoms with Crippen LogP contribution in [0.25, 0.3) is 11.0 Å². The maximum atomic E-state index is 13.6. The van der Waals surface area contributed by atoms with Crippen molar-refractivity contribution in [2.75, 3.05) is 5.32 Å². The number of rotatable bonds is 5. The van der Waals surface area contributed by atoms with E-state index in [-0.39, 0.29) is 22.8 Å². The number of aryl methyl sites for hydroxylation is 1. The SMILES string of the molecule is Cc1c([C@@H](NC(=O)Nc2ccc(S(=O)[O-])nc2)C2CC2)oc2ccc(F)cc12. The molecule has 4 rings (SSSR count). The summed E-state index contributed by atoms with van der Waals surface area (Å²) in [5, 5.41) is 6.13. The Bertz CT molecular complexity index is 1060. The Balaban J connectivity index is 1.53. The highest BCUT2D eigenvalue weighted by Gasteiger charge is 2.37. The van der Waals surface area contributed by atoms with Gasteiger partial charge in [0.2, 0.25) is 0 Å². The fraction of sp³-hybridized carbons (Fsp3) is 0.263. The molecule has 2 amide bonds. The lowest BCUT2D eigenvalue weighted by Crippen LogP contribution is -2.33. The second-order valence-electron chi connectivity index (χ2n) is 6.77. The highest BCUT2D eigenvalue weighted by Crippen LogP contribution is 2.44. The van der Waals surface area contributed by atoms with Gasteiger partial charge in [-0.3, -0.25) is 4.21 Å². The number of nitrogens with one attached hydrogen (secondary N) is 2. The molecule has 0 saturated heterocycles. The first-order valence-electron chi connectivity index (χ1n) is 8.74. The second kappa shape index (κ2) is 7.33. The van der Waals surface area contributed by atoms with Crippen molar-refractivity contribution in [3.8, 4) is 0 Å². The fourth-order valence-electron chi connectivity index (χ4n) is 3.20. The Morgan fingerprint density at radius 3 is 2.79 bits per heavy atom. The summed E-state index contributed by atoms with van der Waals surface area (Å²) in [4.78, 5) is 16.2. The maximum Gasteiger partial charge on any atom is 0.319 e. The zero-order valence-corrected chi connectivity index (χ0v) is 15.7. The zero-order valence-electron chi connectivity index (χ0n) is 14.9. The van der Waals surface area contributed by atoms with Crippen LogP contribution < -0.4 is 10.6 Å². The molecule has 2 heterocycles. The molecule has 1 unspecified atom stereocenters. The normalized spacial score (nSPS) is 16.0. The van der Waals surface area contributed by atoms with E-state index in [0.29, 0.717) is 22.4 Å². The molecular formula is C19H17FN3O4S-. The number of nitrogens with zero attached hydrogens (tertiary/aromatic N) is 1. The lowest BCUT2D eigenvalue weighted by atomic mass is 10.0. The second-order valence-corrected chi connectivity index (χ2v) is 7.65. The molecule has 2 N–H and O–H groups in total. The van der Waals surface area contributed by atoms with E-state index in [9.17, 15) is 17.9 Å². The first-order valence-corrected chi connectivity index (χ1v) is 9.81. The lowest BCUT2D eigenvalue weighted by Gasteiger charge is -2.17. The third-order valence-corrected chi connectivity index (χ3v) is 5.35. The molecule has 9 heteroatoms. The van der Waals surface area contributed by atoms with Gasteiger partial charge in [0, 0.05) is 10.9 Å². The van der Waals surface area contributed by atoms with Gasteiger partial charge in [-0.15, -0.1) is 0 Å². The average Bonchev–Trinajstić information content (AvgIpc) is 3.45. The van der Waals surface area contributed by atoms with Crippen molar-refractivity contribution in [2.45, 2.75) is 30.8 Å². The van der Waals surface area contributed by atoms with E-state index in [1.54, 1.807) is 6.07 Å². The molecule has 1 saturated carbocycles. The van der Waals surface area contributed by atoms with Crippen LogP contribution in [0.4, 0.5) is 14.9 Å². The standard InChI is InChI=1S/C19H18FN3O4S/c1-10-14-8-12(20)4-6-15(14)27-18(10)17(11-2-3-11)23-19(24)22-13-5-7-16(21-9-13)28(25)26/h4-9,11,17H,2-3H2,1H3,(H,25,26)(H2,22,23,24)/p-1/t17-/m0/s1. The van der Waals surface area contributed by atoms with E-state index in [2.05, 4.69) is 15.6 Å². The van der Waals surface area contributed by atoms with Gasteiger partial charge < -0.3 is 19.6 Å². The molecule has 1 fully saturated rings. The number of amides is 2. The average molecular weight is 402 g/mol. The van der Waals surface area contributed by atoms with Crippen molar-refractivity contribution >= 4 is 33.8 Å². The van der Waals surface area contributed by atoms with Gasteiger partial charge in [0.25, 0.3) is 0 Å². The number of furan rings is 1. The van der Waals surface area contributed by atoms with Crippen LogP contribution in [0.1, 0.15) is 30.2 Å². The molecule has 1 aliphatic rings. The largest absolute Gasteiger partial charge is 0.767 e. The molecule has 3 aromatic rings. The van der Waals surface area contributed by atoms with Gasteiger partial charge in [-0.1, -0.05) is 0 Å². The summed E-state index contributed by atoms with van der Waals surface area (Å²) in [7, 11) is 0. The molecule has 0 bridgehead atoms. The van der Waals surface area contributed by atoms with Crippen LogP contribution >= 0.6 is 0 Å². The van der Waals surface area contributed by atoms with Crippen molar-refractivity contribution in [3.05, 3.63) is 53.7 Å². The summed E-state index contributed by atoms with van der Waals surface area (Å²) in [5.41, 5.74) is 1.74. The van der Waals surface area contributed by atoms with Gasteiger partial charge in [-0.05, 0) is 67.1 Å². The maximum absolute atomic E-state index is 13.6. The number of urea groups is 1. The summed E-state index contributed by atoms with van der Waals surface area (Å²) in [6.45, 7) is 1.85. The smallest absolute Gasteiger partial charge is 0.319 e. The monoisotopic (exact) mass is 402 g/mol. The Labute approximate surface area is 162 Å². The summed E-state index contributed by atoms with van der Waals surface area (Å²) < 4.78 is 41.2. The first kappa shape index (κ1) is 18.6. The van der Waals surface area contributed by atoms with Crippen LogP contribution in [0.5, 0.6) is 0 Å². The van der Waals surface area contributed by atoms with Crippen molar-refractivity contribution in [1.29, 1.82) is 0 Å². The molecule has 28 heavy (non-hydrogen) atoms. The van der Waals surface area contributed by atoms with Crippen LogP contribution in [0.15, 0.2) is 46.0 Å². The van der Waals surface area contributed by atoms with E-state index >= 15 is 0 Å². The number of hydrogen-bond donors (Lipinski definition) is 2. The minimum Gasteiger partial charge on any atom is -0.767 e. The topological polar surface area (TPSA) is 107 Å². The number of carbonyl (C=O) groups is 1. The van der Waals surface area contributed by atoms with Crippen LogP contribution in [-0.4, -0.2) is 19.8 Å². The Kier molecular flexibility index (Phi) is 4.86. The van der Waals surface area contributed by atoms with Gasteiger partial charge in [0.15, 0.2) is 0 Å². The molecule has 1 aromatic carbocycles. The predicted molar refractivity (Wildman–Crippen MR) is 100.0 cm³/mol. The van der Waals surface area contributed by atoms with Crippen molar-refractivity contribution in [3.63, 3.8) is 0 Å². The molecule has 2 aromatic heterocycles. The third-order valence-electron chi connectivity index (χ3n) is 4.76. The quantitative estimate of drug-likeness (QED) is 0.632. The molecule has 2 atom stereocenters. The molecule has 146 valence electrons. The van der Waals surface area contributed by atoms with Gasteiger partial charge in [0.05, 0.1) is 17.9 Å². The molecular weight excluding hydrogens is 385 g/mol. The van der Waals surface area contributed by atoms with Crippen LogP contribution in [0.3, 0.4) is 0 Å². The summed E-state index contributed by atoms with van der Waals surface area (Å²) in [5.74, 6) is 0.526. The summed E-state index contributed by atoms with van der Waals surface area (Å²) >= 11 is -2.42. The number of hydrogen-bond acceptors (Lipinski definition) is 5. The zero-order chi connectivity index (χ0) is 19.8.